The fourth-order valence-electron chi connectivity index (χ4n) is 5.14. The number of aryl methyl sites for hydroxylation is 1. The second-order valence-corrected chi connectivity index (χ2v) is 11.1. The van der Waals surface area contributed by atoms with Gasteiger partial charge >= 0.3 is 6.18 Å². The van der Waals surface area contributed by atoms with E-state index in [1.165, 1.54) is 42.4 Å². The molecule has 2 N–H and O–H groups in total. The molecule has 2 aromatic heterocycles. The van der Waals surface area contributed by atoms with Crippen LogP contribution < -0.4 is 5.32 Å². The van der Waals surface area contributed by atoms with Crippen LogP contribution in [0.2, 0.25) is 0 Å². The molecule has 2 atom stereocenters. The molecule has 3 heterocycles. The van der Waals surface area contributed by atoms with Gasteiger partial charge < -0.3 is 25.0 Å². The normalized spacial score (nSPS) is 16.1. The molecule has 0 saturated carbocycles. The molecule has 3 aromatic rings. The monoisotopic (exact) mass is 615 g/mol. The van der Waals surface area contributed by atoms with Gasteiger partial charge in [-0.05, 0) is 37.5 Å². The molecule has 2 amide bonds. The lowest BCUT2D eigenvalue weighted by atomic mass is 9.94. The molecule has 42 heavy (non-hydrogen) atoms. The smallest absolute Gasteiger partial charge is 0.387 e. The van der Waals surface area contributed by atoms with Crippen molar-refractivity contribution in [2.45, 2.75) is 44.5 Å². The summed E-state index contributed by atoms with van der Waals surface area (Å²) in [4.78, 5) is 36.0. The number of nitrogens with one attached hydrogen (secondary N) is 1. The van der Waals surface area contributed by atoms with E-state index in [1.54, 1.807) is 6.92 Å². The third-order valence-electron chi connectivity index (χ3n) is 7.23. The summed E-state index contributed by atoms with van der Waals surface area (Å²) in [5, 5.41) is 12.4. The molecule has 0 spiro atoms. The van der Waals surface area contributed by atoms with Crippen LogP contribution in [-0.2, 0) is 14.3 Å². The van der Waals surface area contributed by atoms with E-state index < -0.39 is 49.1 Å². The van der Waals surface area contributed by atoms with E-state index in [2.05, 4.69) is 15.3 Å². The molecule has 0 bridgehead atoms. The highest BCUT2D eigenvalue weighted by Crippen LogP contribution is 2.43. The molecular formula is C27H30F5N5O4S. The van der Waals surface area contributed by atoms with Crippen molar-refractivity contribution in [3.63, 3.8) is 0 Å². The Morgan fingerprint density at radius 2 is 1.86 bits per heavy atom. The van der Waals surface area contributed by atoms with Crippen molar-refractivity contribution in [2.75, 3.05) is 39.2 Å². The van der Waals surface area contributed by atoms with E-state index in [1.807, 2.05) is 0 Å². The van der Waals surface area contributed by atoms with Gasteiger partial charge in [0.05, 0.1) is 16.9 Å². The number of ether oxygens (including phenoxy) is 1. The van der Waals surface area contributed by atoms with Crippen LogP contribution in [0.4, 0.5) is 33.3 Å². The van der Waals surface area contributed by atoms with Crippen LogP contribution in [0.1, 0.15) is 41.1 Å². The lowest BCUT2D eigenvalue weighted by molar-refractivity contribution is -0.215. The Morgan fingerprint density at radius 3 is 2.40 bits per heavy atom. The van der Waals surface area contributed by atoms with Crippen molar-refractivity contribution >= 4 is 44.9 Å². The Morgan fingerprint density at radius 1 is 1.21 bits per heavy atom. The highest BCUT2D eigenvalue weighted by molar-refractivity contribution is 7.18. The molecule has 9 nitrogen and oxygen atoms in total. The first-order valence-electron chi connectivity index (χ1n) is 13.0. The van der Waals surface area contributed by atoms with E-state index in [0.29, 0.717) is 15.5 Å². The Kier molecular flexibility index (Phi) is 9.63. The third kappa shape index (κ3) is 6.63. The minimum absolute atomic E-state index is 0.00606. The molecule has 15 heteroatoms. The topological polar surface area (TPSA) is 108 Å². The van der Waals surface area contributed by atoms with Crippen LogP contribution in [0.15, 0.2) is 30.5 Å². The first kappa shape index (κ1) is 31.5. The van der Waals surface area contributed by atoms with Crippen molar-refractivity contribution in [2.24, 2.45) is 5.92 Å². The molecule has 1 aromatic carbocycles. The first-order chi connectivity index (χ1) is 19.8. The number of anilines is 2. The van der Waals surface area contributed by atoms with Gasteiger partial charge in [0.25, 0.3) is 6.43 Å². The number of piperidine rings is 1. The van der Waals surface area contributed by atoms with Gasteiger partial charge in [-0.2, -0.15) is 13.2 Å². The summed E-state index contributed by atoms with van der Waals surface area (Å²) in [6.07, 6.45) is -8.14. The van der Waals surface area contributed by atoms with Crippen LogP contribution in [0.25, 0.3) is 10.3 Å². The van der Waals surface area contributed by atoms with Crippen LogP contribution in [0, 0.1) is 12.8 Å². The highest BCUT2D eigenvalue weighted by Gasteiger charge is 2.44. The SMILES string of the molecule is CO[C@H](c1c(Nc2ccc([C@@H](C(F)F)N(C)C(=O)C3CCN(C(=O)CO)CC3)cc2)cnc2sc(C)nc12)C(F)(F)F. The number of carbonyl (C=O) groups is 2. The van der Waals surface area contributed by atoms with Gasteiger partial charge in [-0.1, -0.05) is 23.5 Å². The van der Waals surface area contributed by atoms with Gasteiger partial charge in [0, 0.05) is 44.4 Å². The zero-order valence-corrected chi connectivity index (χ0v) is 23.8. The Labute approximate surface area is 242 Å². The summed E-state index contributed by atoms with van der Waals surface area (Å²) < 4.78 is 75.0. The Balaban J connectivity index is 1.56. The zero-order chi connectivity index (χ0) is 30.8. The number of halogens is 5. The zero-order valence-electron chi connectivity index (χ0n) is 23.0. The van der Waals surface area contributed by atoms with Gasteiger partial charge in [0.1, 0.15) is 23.0 Å². The summed E-state index contributed by atoms with van der Waals surface area (Å²) >= 11 is 1.14. The number of hydrogen-bond donors (Lipinski definition) is 2. The number of aromatic nitrogens is 2. The van der Waals surface area contributed by atoms with E-state index in [9.17, 15) is 31.5 Å². The lowest BCUT2D eigenvalue weighted by Gasteiger charge is -2.35. The molecule has 1 aliphatic heterocycles. The number of aliphatic hydroxyl groups is 1. The minimum Gasteiger partial charge on any atom is -0.387 e. The number of rotatable bonds is 9. The fraction of sp³-hybridized carbons (Fsp3) is 0.481. The van der Waals surface area contributed by atoms with Crippen LogP contribution >= 0.6 is 11.3 Å². The molecule has 1 aliphatic rings. The number of alkyl halides is 5. The largest absolute Gasteiger partial charge is 0.419 e. The summed E-state index contributed by atoms with van der Waals surface area (Å²) in [5.41, 5.74) is 0.230. The molecular weight excluding hydrogens is 585 g/mol. The average molecular weight is 616 g/mol. The molecule has 0 radical (unpaired) electrons. The summed E-state index contributed by atoms with van der Waals surface area (Å²) in [6, 6.07) is 4.04. The molecule has 0 unspecified atom stereocenters. The van der Waals surface area contributed by atoms with Gasteiger partial charge in [-0.25, -0.2) is 18.7 Å². The fourth-order valence-corrected chi connectivity index (χ4v) is 5.91. The van der Waals surface area contributed by atoms with E-state index >= 15 is 0 Å². The third-order valence-corrected chi connectivity index (χ3v) is 8.11. The number of aliphatic hydroxyl groups excluding tert-OH is 1. The van der Waals surface area contributed by atoms with Gasteiger partial charge in [0.15, 0.2) is 6.10 Å². The van der Waals surface area contributed by atoms with Gasteiger partial charge in [-0.3, -0.25) is 9.59 Å². The molecule has 0 aliphatic carbocycles. The van der Waals surface area contributed by atoms with E-state index in [-0.39, 0.29) is 48.3 Å². The number of benzene rings is 1. The van der Waals surface area contributed by atoms with Crippen molar-refractivity contribution in [1.82, 2.24) is 19.8 Å². The number of methoxy groups -OCH3 is 1. The summed E-state index contributed by atoms with van der Waals surface area (Å²) in [7, 11) is 2.24. The summed E-state index contributed by atoms with van der Waals surface area (Å²) in [6.45, 7) is 1.50. The van der Waals surface area contributed by atoms with Crippen LogP contribution in [0.5, 0.6) is 0 Å². The summed E-state index contributed by atoms with van der Waals surface area (Å²) in [5.74, 6) is -1.49. The quantitative estimate of drug-likeness (QED) is 0.327. The molecule has 228 valence electrons. The average Bonchev–Trinajstić information content (AvgIpc) is 3.34. The van der Waals surface area contributed by atoms with Crippen molar-refractivity contribution < 1.29 is 41.4 Å². The number of carbonyl (C=O) groups excluding carboxylic acids is 2. The maximum absolute atomic E-state index is 14.2. The number of fused-ring (bicyclic) bond motifs is 1. The molecule has 1 saturated heterocycles. The number of amides is 2. The number of pyridine rings is 1. The second kappa shape index (κ2) is 12.8. The second-order valence-electron chi connectivity index (χ2n) is 9.92. The number of nitrogens with zero attached hydrogens (tertiary/aromatic N) is 4. The van der Waals surface area contributed by atoms with E-state index in [4.69, 9.17) is 9.84 Å². The highest BCUT2D eigenvalue weighted by atomic mass is 32.1. The Bertz CT molecular complexity index is 1410. The maximum atomic E-state index is 14.2. The maximum Gasteiger partial charge on any atom is 0.419 e. The number of likely N-dealkylation sites (tertiary alicyclic amines) is 1. The van der Waals surface area contributed by atoms with Gasteiger partial charge in [-0.15, -0.1) is 0 Å². The Hall–Kier alpha value is -3.43. The van der Waals surface area contributed by atoms with Crippen molar-refractivity contribution in [3.05, 3.63) is 46.6 Å². The first-order valence-corrected chi connectivity index (χ1v) is 13.8. The van der Waals surface area contributed by atoms with Crippen LogP contribution in [-0.4, -0.2) is 83.1 Å². The van der Waals surface area contributed by atoms with Crippen molar-refractivity contribution in [1.29, 1.82) is 0 Å². The standard InChI is InChI=1S/C27H30F5N5O4S/c1-14-34-21-20(23(41-3)27(30,31)32)18(12-33-25(21)42-14)35-17-6-4-15(5-7-17)22(24(28)29)36(2)26(40)16-8-10-37(11-9-16)19(39)13-38/h4-7,12,16,22-24,35,38H,8-11,13H2,1-3H3/t22-,23+/m0/s1. The number of hydrogen-bond acceptors (Lipinski definition) is 8. The van der Waals surface area contributed by atoms with Crippen molar-refractivity contribution in [3.8, 4) is 0 Å². The molecule has 4 rings (SSSR count). The van der Waals surface area contributed by atoms with Crippen LogP contribution in [0.3, 0.4) is 0 Å². The predicted molar refractivity (Wildman–Crippen MR) is 146 cm³/mol. The lowest BCUT2D eigenvalue weighted by Crippen LogP contribution is -2.45. The van der Waals surface area contributed by atoms with E-state index in [0.717, 1.165) is 23.3 Å². The minimum atomic E-state index is -4.74. The number of thiazole rings is 1. The molecule has 1 fully saturated rings. The predicted octanol–water partition coefficient (Wildman–Crippen LogP) is 4.99. The van der Waals surface area contributed by atoms with Gasteiger partial charge in [0.2, 0.25) is 11.8 Å².